The molecule has 7 heteroatoms. The van der Waals surface area contributed by atoms with Gasteiger partial charge in [0.25, 0.3) is 0 Å². The van der Waals surface area contributed by atoms with Crippen LogP contribution in [0.1, 0.15) is 32.8 Å². The number of carbonyl (C=O) groups excluding carboxylic acids is 2. The molecule has 1 aromatic carbocycles. The predicted molar refractivity (Wildman–Crippen MR) is 102 cm³/mol. The summed E-state index contributed by atoms with van der Waals surface area (Å²) in [5.41, 5.74) is 1.86. The van der Waals surface area contributed by atoms with Gasteiger partial charge >= 0.3 is 0 Å². The average molecular weight is 388 g/mol. The molecule has 1 fully saturated rings. The van der Waals surface area contributed by atoms with Gasteiger partial charge in [-0.3, -0.25) is 14.5 Å². The maximum Gasteiger partial charge on any atom is 0.239 e. The van der Waals surface area contributed by atoms with Gasteiger partial charge in [-0.05, 0) is 37.0 Å². The minimum Gasteiger partial charge on any atom is -0.379 e. The highest BCUT2D eigenvalue weighted by Gasteiger charge is 2.28. The number of anilines is 1. The molecule has 1 aromatic heterocycles. The van der Waals surface area contributed by atoms with Gasteiger partial charge in [-0.1, -0.05) is 12.1 Å². The summed E-state index contributed by atoms with van der Waals surface area (Å²) in [7, 11) is 0. The van der Waals surface area contributed by atoms with E-state index in [4.69, 9.17) is 4.74 Å². The summed E-state index contributed by atoms with van der Waals surface area (Å²) >= 11 is 1.48. The Kier molecular flexibility index (Phi) is 5.33. The van der Waals surface area contributed by atoms with E-state index in [-0.39, 0.29) is 18.2 Å². The van der Waals surface area contributed by atoms with Crippen molar-refractivity contribution in [2.45, 2.75) is 19.3 Å². The SMILES string of the molecule is O=C(CN1CCOCC1)Nc1sc2c(c1C(=O)c1cccc(F)c1)CCC2. The second-order valence-corrected chi connectivity index (χ2v) is 7.94. The number of fused-ring (bicyclic) bond motifs is 1. The van der Waals surface area contributed by atoms with Gasteiger partial charge in [0.2, 0.25) is 5.91 Å². The molecule has 0 radical (unpaired) electrons. The number of hydrogen-bond acceptors (Lipinski definition) is 5. The molecule has 1 aliphatic carbocycles. The minimum absolute atomic E-state index is 0.134. The standard InChI is InChI=1S/C20H21FN2O3S/c21-14-4-1-3-13(11-14)19(25)18-15-5-2-6-16(15)27-20(18)22-17(24)12-23-7-9-26-10-8-23/h1,3-4,11H,2,5-10,12H2,(H,22,24). The Hall–Kier alpha value is -2.09. The number of thiophene rings is 1. The summed E-state index contributed by atoms with van der Waals surface area (Å²) in [6.07, 6.45) is 2.75. The highest BCUT2D eigenvalue weighted by Crippen LogP contribution is 2.40. The number of ether oxygens (including phenoxy) is 1. The summed E-state index contributed by atoms with van der Waals surface area (Å²) in [5.74, 6) is -0.800. The van der Waals surface area contributed by atoms with Gasteiger partial charge in [0, 0.05) is 23.5 Å². The Morgan fingerprint density at radius 1 is 1.22 bits per heavy atom. The van der Waals surface area contributed by atoms with Crippen molar-refractivity contribution in [3.63, 3.8) is 0 Å². The van der Waals surface area contributed by atoms with Gasteiger partial charge in [-0.15, -0.1) is 11.3 Å². The third-order valence-corrected chi connectivity index (χ3v) is 6.17. The molecule has 27 heavy (non-hydrogen) atoms. The van der Waals surface area contributed by atoms with E-state index in [1.54, 1.807) is 6.07 Å². The van der Waals surface area contributed by atoms with Crippen molar-refractivity contribution in [3.8, 4) is 0 Å². The first kappa shape index (κ1) is 18.3. The van der Waals surface area contributed by atoms with Gasteiger partial charge in [0.05, 0.1) is 25.3 Å². The molecule has 2 aromatic rings. The number of nitrogens with one attached hydrogen (secondary N) is 1. The summed E-state index contributed by atoms with van der Waals surface area (Å²) in [4.78, 5) is 28.8. The molecule has 1 N–H and O–H groups in total. The third-order valence-electron chi connectivity index (χ3n) is 4.96. The van der Waals surface area contributed by atoms with E-state index in [9.17, 15) is 14.0 Å². The van der Waals surface area contributed by atoms with E-state index in [1.807, 2.05) is 4.90 Å². The monoisotopic (exact) mass is 388 g/mol. The van der Waals surface area contributed by atoms with Crippen LogP contribution in [-0.2, 0) is 22.4 Å². The quantitative estimate of drug-likeness (QED) is 0.801. The van der Waals surface area contributed by atoms with Gasteiger partial charge in [0.15, 0.2) is 5.78 Å². The molecule has 1 aliphatic heterocycles. The van der Waals surface area contributed by atoms with Crippen LogP contribution in [0.3, 0.4) is 0 Å². The van der Waals surface area contributed by atoms with Crippen LogP contribution in [0.4, 0.5) is 9.39 Å². The predicted octanol–water partition coefficient (Wildman–Crippen LogP) is 2.88. The minimum atomic E-state index is -0.439. The summed E-state index contributed by atoms with van der Waals surface area (Å²) in [6, 6.07) is 5.72. The molecule has 142 valence electrons. The fourth-order valence-electron chi connectivity index (χ4n) is 3.64. The number of hydrogen-bond donors (Lipinski definition) is 1. The molecule has 2 heterocycles. The highest BCUT2D eigenvalue weighted by molar-refractivity contribution is 7.17. The molecule has 1 saturated heterocycles. The third kappa shape index (κ3) is 3.95. The molecule has 0 saturated carbocycles. The summed E-state index contributed by atoms with van der Waals surface area (Å²) in [6.45, 7) is 2.99. The van der Waals surface area contributed by atoms with Crippen LogP contribution in [-0.4, -0.2) is 49.4 Å². The number of nitrogens with zero attached hydrogens (tertiary/aromatic N) is 1. The summed E-state index contributed by atoms with van der Waals surface area (Å²) in [5, 5.41) is 3.53. The number of rotatable bonds is 5. The number of amides is 1. The van der Waals surface area contributed by atoms with Crippen molar-refractivity contribution in [1.29, 1.82) is 0 Å². The van der Waals surface area contributed by atoms with Crippen molar-refractivity contribution in [1.82, 2.24) is 4.90 Å². The molecule has 0 unspecified atom stereocenters. The lowest BCUT2D eigenvalue weighted by Gasteiger charge is -2.25. The topological polar surface area (TPSA) is 58.6 Å². The zero-order valence-corrected chi connectivity index (χ0v) is 15.7. The Bertz CT molecular complexity index is 874. The molecule has 4 rings (SSSR count). The number of benzene rings is 1. The lowest BCUT2D eigenvalue weighted by Crippen LogP contribution is -2.41. The highest BCUT2D eigenvalue weighted by atomic mass is 32.1. The van der Waals surface area contributed by atoms with Gasteiger partial charge in [-0.25, -0.2) is 4.39 Å². The van der Waals surface area contributed by atoms with Crippen LogP contribution in [0.5, 0.6) is 0 Å². The Morgan fingerprint density at radius 2 is 2.04 bits per heavy atom. The maximum atomic E-state index is 13.6. The second-order valence-electron chi connectivity index (χ2n) is 6.84. The van der Waals surface area contributed by atoms with E-state index in [0.29, 0.717) is 29.3 Å². The van der Waals surface area contributed by atoms with Crippen molar-refractivity contribution >= 4 is 28.0 Å². The van der Waals surface area contributed by atoms with Crippen molar-refractivity contribution in [2.75, 3.05) is 38.2 Å². The number of morpholine rings is 1. The number of carbonyl (C=O) groups is 2. The molecule has 0 bridgehead atoms. The van der Waals surface area contributed by atoms with Crippen molar-refractivity contribution in [2.24, 2.45) is 0 Å². The first-order valence-electron chi connectivity index (χ1n) is 9.16. The fourth-order valence-corrected chi connectivity index (χ4v) is 4.94. The first-order chi connectivity index (χ1) is 13.1. The van der Waals surface area contributed by atoms with Crippen LogP contribution in [0.25, 0.3) is 0 Å². The van der Waals surface area contributed by atoms with Crippen LogP contribution in [0, 0.1) is 5.82 Å². The molecule has 5 nitrogen and oxygen atoms in total. The van der Waals surface area contributed by atoms with Crippen LogP contribution >= 0.6 is 11.3 Å². The van der Waals surface area contributed by atoms with E-state index < -0.39 is 5.82 Å². The lowest BCUT2D eigenvalue weighted by atomic mass is 10.00. The largest absolute Gasteiger partial charge is 0.379 e. The smallest absolute Gasteiger partial charge is 0.239 e. The zero-order valence-electron chi connectivity index (χ0n) is 14.9. The first-order valence-corrected chi connectivity index (χ1v) is 9.98. The molecular weight excluding hydrogens is 367 g/mol. The maximum absolute atomic E-state index is 13.6. The fraction of sp³-hybridized carbons (Fsp3) is 0.400. The molecule has 2 aliphatic rings. The average Bonchev–Trinajstić information content (AvgIpc) is 3.22. The number of aryl methyl sites for hydroxylation is 1. The van der Waals surface area contributed by atoms with Gasteiger partial charge in [-0.2, -0.15) is 0 Å². The van der Waals surface area contributed by atoms with Gasteiger partial charge in [0.1, 0.15) is 10.8 Å². The molecule has 0 atom stereocenters. The van der Waals surface area contributed by atoms with Crippen molar-refractivity contribution in [3.05, 3.63) is 51.7 Å². The second kappa shape index (κ2) is 7.88. The summed E-state index contributed by atoms with van der Waals surface area (Å²) < 4.78 is 18.9. The number of ketones is 1. The Balaban J connectivity index is 1.58. The van der Waals surface area contributed by atoms with E-state index >= 15 is 0 Å². The normalized spacial score (nSPS) is 16.9. The zero-order chi connectivity index (χ0) is 18.8. The Morgan fingerprint density at radius 3 is 2.81 bits per heavy atom. The van der Waals surface area contributed by atoms with Gasteiger partial charge < -0.3 is 10.1 Å². The van der Waals surface area contributed by atoms with Crippen LogP contribution in [0.2, 0.25) is 0 Å². The van der Waals surface area contributed by atoms with Crippen molar-refractivity contribution < 1.29 is 18.7 Å². The number of halogens is 1. The molecule has 1 amide bonds. The molecular formula is C20H21FN2O3S. The lowest BCUT2D eigenvalue weighted by molar-refractivity contribution is -0.118. The van der Waals surface area contributed by atoms with Crippen LogP contribution in [0.15, 0.2) is 24.3 Å². The molecule has 0 spiro atoms. The Labute approximate surface area is 161 Å². The van der Waals surface area contributed by atoms with E-state index in [1.165, 1.54) is 29.5 Å². The van der Waals surface area contributed by atoms with Crippen LogP contribution < -0.4 is 5.32 Å². The van der Waals surface area contributed by atoms with E-state index in [2.05, 4.69) is 5.32 Å². The van der Waals surface area contributed by atoms with E-state index in [0.717, 1.165) is 42.8 Å².